The maximum Gasteiger partial charge on any atom is 0.255 e. The second-order valence-corrected chi connectivity index (χ2v) is 8.05. The van der Waals surface area contributed by atoms with Gasteiger partial charge in [-0.3, -0.25) is 9.48 Å². The van der Waals surface area contributed by atoms with Gasteiger partial charge in [0, 0.05) is 31.6 Å². The number of hydrogen-bond acceptors (Lipinski definition) is 6. The lowest BCUT2D eigenvalue weighted by atomic mass is 10.0. The van der Waals surface area contributed by atoms with Gasteiger partial charge in [0.25, 0.3) is 5.91 Å². The second-order valence-electron chi connectivity index (χ2n) is 8.05. The molecular formula is C23H24N6O3. The number of pyridine rings is 1. The Hall–Kier alpha value is -3.56. The third-order valence-corrected chi connectivity index (χ3v) is 5.69. The van der Waals surface area contributed by atoms with Crippen LogP contribution in [0.15, 0.2) is 55.1 Å². The first-order valence-corrected chi connectivity index (χ1v) is 10.5. The molecule has 2 N–H and O–H groups in total. The van der Waals surface area contributed by atoms with Gasteiger partial charge in [-0.05, 0) is 36.1 Å². The molecule has 0 spiro atoms. The van der Waals surface area contributed by atoms with E-state index in [1.807, 2.05) is 43.7 Å². The third kappa shape index (κ3) is 4.12. The molecule has 1 aliphatic rings. The number of aryl methyl sites for hydroxylation is 1. The first-order chi connectivity index (χ1) is 15.6. The van der Waals surface area contributed by atoms with Crippen LogP contribution >= 0.6 is 0 Å². The lowest BCUT2D eigenvalue weighted by molar-refractivity contribution is -0.0260. The van der Waals surface area contributed by atoms with E-state index in [1.54, 1.807) is 9.20 Å². The van der Waals surface area contributed by atoms with Gasteiger partial charge in [0.1, 0.15) is 6.33 Å². The molecule has 0 radical (unpaired) electrons. The number of aliphatic hydroxyl groups excluding tert-OH is 1. The maximum absolute atomic E-state index is 13.0. The monoisotopic (exact) mass is 432 g/mol. The highest BCUT2D eigenvalue weighted by Gasteiger charge is 2.26. The van der Waals surface area contributed by atoms with Crippen LogP contribution in [0.1, 0.15) is 27.9 Å². The Morgan fingerprint density at radius 1 is 1.25 bits per heavy atom. The number of nitrogens with zero attached hydrogens (tertiary/aromatic N) is 5. The third-order valence-electron chi connectivity index (χ3n) is 5.69. The SMILES string of the molecule is Cn1ccc(-c2ccc(Cc3cc(C(=O)N[C@H]4CCOC[C@@H]4O)c4ncnn4c3)cc2)n1. The minimum absolute atomic E-state index is 0.222. The van der Waals surface area contributed by atoms with Gasteiger partial charge in [0.15, 0.2) is 5.65 Å². The Kier molecular flexibility index (Phi) is 5.42. The molecule has 3 aromatic heterocycles. The number of amides is 1. The molecule has 2 atom stereocenters. The summed E-state index contributed by atoms with van der Waals surface area (Å²) in [6, 6.07) is 11.7. The summed E-state index contributed by atoms with van der Waals surface area (Å²) in [5.74, 6) is -0.277. The smallest absolute Gasteiger partial charge is 0.255 e. The van der Waals surface area contributed by atoms with Gasteiger partial charge in [0.05, 0.1) is 30.0 Å². The van der Waals surface area contributed by atoms with Crippen molar-refractivity contribution in [2.75, 3.05) is 13.2 Å². The average Bonchev–Trinajstić information content (AvgIpc) is 3.44. The van der Waals surface area contributed by atoms with E-state index >= 15 is 0 Å². The van der Waals surface area contributed by atoms with E-state index in [2.05, 4.69) is 32.6 Å². The van der Waals surface area contributed by atoms with Crippen molar-refractivity contribution < 1.29 is 14.6 Å². The van der Waals surface area contributed by atoms with E-state index in [-0.39, 0.29) is 18.6 Å². The molecule has 5 rings (SSSR count). The Labute approximate surface area is 184 Å². The molecule has 1 aromatic carbocycles. The Balaban J connectivity index is 1.38. The molecule has 0 bridgehead atoms. The molecule has 4 heterocycles. The zero-order valence-corrected chi connectivity index (χ0v) is 17.7. The standard InChI is InChI=1S/C23H24N6O3/c1-28-8-6-19(27-28)17-4-2-15(3-5-17)10-16-11-18(22-24-14-25-29(22)12-16)23(31)26-20-7-9-32-13-21(20)30/h2-6,8,11-12,14,20-21,30H,7,9-10,13H2,1H3,(H,26,31)/t20-,21-/m0/s1. The molecule has 9 heteroatoms. The predicted molar refractivity (Wildman–Crippen MR) is 117 cm³/mol. The number of ether oxygens (including phenoxy) is 1. The highest BCUT2D eigenvalue weighted by molar-refractivity contribution is 6.00. The quantitative estimate of drug-likeness (QED) is 0.496. The minimum atomic E-state index is -0.720. The minimum Gasteiger partial charge on any atom is -0.389 e. The maximum atomic E-state index is 13.0. The van der Waals surface area contributed by atoms with Crippen molar-refractivity contribution in [1.82, 2.24) is 29.7 Å². The van der Waals surface area contributed by atoms with E-state index in [9.17, 15) is 9.90 Å². The molecule has 1 amide bonds. The van der Waals surface area contributed by atoms with Gasteiger partial charge in [-0.25, -0.2) is 9.50 Å². The van der Waals surface area contributed by atoms with Gasteiger partial charge in [0.2, 0.25) is 0 Å². The van der Waals surface area contributed by atoms with Crippen LogP contribution in [-0.2, 0) is 18.2 Å². The number of aliphatic hydroxyl groups is 1. The van der Waals surface area contributed by atoms with Crippen LogP contribution in [0.4, 0.5) is 0 Å². The fourth-order valence-corrected chi connectivity index (χ4v) is 3.98. The predicted octanol–water partition coefficient (Wildman–Crippen LogP) is 1.60. The fraction of sp³-hybridized carbons (Fsp3) is 0.304. The number of fused-ring (bicyclic) bond motifs is 1. The summed E-state index contributed by atoms with van der Waals surface area (Å²) in [5.41, 5.74) is 4.94. The Morgan fingerprint density at radius 3 is 2.84 bits per heavy atom. The van der Waals surface area contributed by atoms with Crippen LogP contribution < -0.4 is 5.32 Å². The number of benzene rings is 1. The van der Waals surface area contributed by atoms with Crippen molar-refractivity contribution in [2.45, 2.75) is 25.0 Å². The second kappa shape index (κ2) is 8.52. The summed E-state index contributed by atoms with van der Waals surface area (Å²) in [4.78, 5) is 17.3. The zero-order chi connectivity index (χ0) is 22.1. The average molecular weight is 432 g/mol. The summed E-state index contributed by atoms with van der Waals surface area (Å²) in [6.45, 7) is 0.733. The van der Waals surface area contributed by atoms with Crippen LogP contribution in [0.25, 0.3) is 16.9 Å². The topological polar surface area (TPSA) is 107 Å². The highest BCUT2D eigenvalue weighted by Crippen LogP contribution is 2.20. The van der Waals surface area contributed by atoms with Gasteiger partial charge in [-0.1, -0.05) is 24.3 Å². The van der Waals surface area contributed by atoms with Crippen molar-refractivity contribution in [2.24, 2.45) is 7.05 Å². The number of nitrogens with one attached hydrogen (secondary N) is 1. The van der Waals surface area contributed by atoms with Crippen molar-refractivity contribution in [3.8, 4) is 11.3 Å². The number of aromatic nitrogens is 5. The number of carbonyl (C=O) groups is 1. The normalized spacial score (nSPS) is 18.7. The summed E-state index contributed by atoms with van der Waals surface area (Å²) < 4.78 is 8.65. The van der Waals surface area contributed by atoms with Crippen LogP contribution in [0.5, 0.6) is 0 Å². The Bertz CT molecular complexity index is 1250. The molecule has 0 saturated carbocycles. The molecule has 4 aromatic rings. The molecule has 1 saturated heterocycles. The van der Waals surface area contributed by atoms with Gasteiger partial charge >= 0.3 is 0 Å². The molecule has 0 unspecified atom stereocenters. The lowest BCUT2D eigenvalue weighted by Gasteiger charge is -2.28. The van der Waals surface area contributed by atoms with Gasteiger partial charge in [-0.2, -0.15) is 10.2 Å². The summed E-state index contributed by atoms with van der Waals surface area (Å²) in [6.07, 6.45) is 5.72. The van der Waals surface area contributed by atoms with E-state index in [0.717, 1.165) is 22.4 Å². The van der Waals surface area contributed by atoms with Crippen molar-refractivity contribution in [3.63, 3.8) is 0 Å². The summed E-state index contributed by atoms with van der Waals surface area (Å²) >= 11 is 0. The molecule has 164 valence electrons. The number of carbonyl (C=O) groups excluding carboxylic acids is 1. The van der Waals surface area contributed by atoms with Crippen molar-refractivity contribution in [1.29, 1.82) is 0 Å². The molecular weight excluding hydrogens is 408 g/mol. The van der Waals surface area contributed by atoms with Crippen molar-refractivity contribution in [3.05, 3.63) is 71.8 Å². The first kappa shape index (κ1) is 20.3. The highest BCUT2D eigenvalue weighted by atomic mass is 16.5. The summed E-state index contributed by atoms with van der Waals surface area (Å²) in [5, 5.41) is 21.7. The van der Waals surface area contributed by atoms with E-state index in [0.29, 0.717) is 30.7 Å². The fourth-order valence-electron chi connectivity index (χ4n) is 3.98. The van der Waals surface area contributed by atoms with E-state index in [1.165, 1.54) is 6.33 Å². The first-order valence-electron chi connectivity index (χ1n) is 10.5. The largest absolute Gasteiger partial charge is 0.389 e. The molecule has 9 nitrogen and oxygen atoms in total. The number of hydrogen-bond donors (Lipinski definition) is 2. The lowest BCUT2D eigenvalue weighted by Crippen LogP contribution is -2.48. The molecule has 0 aliphatic carbocycles. The van der Waals surface area contributed by atoms with Gasteiger partial charge < -0.3 is 15.2 Å². The van der Waals surface area contributed by atoms with Crippen LogP contribution in [0.3, 0.4) is 0 Å². The summed E-state index contributed by atoms with van der Waals surface area (Å²) in [7, 11) is 1.90. The van der Waals surface area contributed by atoms with Crippen LogP contribution in [0, 0.1) is 0 Å². The molecule has 1 fully saturated rings. The van der Waals surface area contributed by atoms with Crippen LogP contribution in [-0.4, -0.2) is 60.8 Å². The number of rotatable bonds is 5. The zero-order valence-electron chi connectivity index (χ0n) is 17.7. The Morgan fingerprint density at radius 2 is 2.09 bits per heavy atom. The van der Waals surface area contributed by atoms with E-state index in [4.69, 9.17) is 4.74 Å². The molecule has 32 heavy (non-hydrogen) atoms. The molecule has 1 aliphatic heterocycles. The van der Waals surface area contributed by atoms with E-state index < -0.39 is 6.10 Å². The van der Waals surface area contributed by atoms with Crippen LogP contribution in [0.2, 0.25) is 0 Å². The van der Waals surface area contributed by atoms with Gasteiger partial charge in [-0.15, -0.1) is 0 Å². The van der Waals surface area contributed by atoms with Crippen molar-refractivity contribution >= 4 is 11.6 Å².